The average Bonchev–Trinajstić information content (AvgIpc) is 3.12. The summed E-state index contributed by atoms with van der Waals surface area (Å²) in [6.45, 7) is 1.72. The molecule has 2 aromatic rings. The second-order valence-electron chi connectivity index (χ2n) is 7.01. The fraction of sp³-hybridized carbons (Fsp3) is 0.444. The van der Waals surface area contributed by atoms with Crippen LogP contribution in [0.15, 0.2) is 28.8 Å². The SMILES string of the molecule is CC1(NC(=O)c2ccc(-c3noc(C(F)(F)F)n3)cc2)CCCCC1C(=O)O. The normalized spacial score (nSPS) is 22.6. The third kappa shape index (κ3) is 4.00. The largest absolute Gasteiger partial charge is 0.481 e. The molecule has 2 unspecified atom stereocenters. The molecular weight excluding hydrogens is 379 g/mol. The lowest BCUT2D eigenvalue weighted by Crippen LogP contribution is -2.55. The van der Waals surface area contributed by atoms with Crippen LogP contribution in [-0.2, 0) is 11.0 Å². The van der Waals surface area contributed by atoms with Crippen molar-refractivity contribution in [2.24, 2.45) is 5.92 Å². The van der Waals surface area contributed by atoms with E-state index in [0.717, 1.165) is 12.8 Å². The van der Waals surface area contributed by atoms with Crippen LogP contribution < -0.4 is 5.32 Å². The predicted molar refractivity (Wildman–Crippen MR) is 90.2 cm³/mol. The van der Waals surface area contributed by atoms with Crippen molar-refractivity contribution in [3.63, 3.8) is 0 Å². The predicted octanol–water partition coefficient (Wildman–Crippen LogP) is 3.52. The summed E-state index contributed by atoms with van der Waals surface area (Å²) in [4.78, 5) is 27.4. The first kappa shape index (κ1) is 19.8. The van der Waals surface area contributed by atoms with E-state index in [0.29, 0.717) is 12.8 Å². The molecule has 2 N–H and O–H groups in total. The van der Waals surface area contributed by atoms with Crippen LogP contribution in [0, 0.1) is 5.92 Å². The van der Waals surface area contributed by atoms with Crippen LogP contribution in [0.3, 0.4) is 0 Å². The average molecular weight is 397 g/mol. The number of carbonyl (C=O) groups is 2. The maximum Gasteiger partial charge on any atom is 0.471 e. The Kier molecular flexibility index (Phi) is 5.14. The molecule has 1 aliphatic rings. The first-order chi connectivity index (χ1) is 13.1. The number of alkyl halides is 3. The van der Waals surface area contributed by atoms with E-state index in [-0.39, 0.29) is 17.0 Å². The van der Waals surface area contributed by atoms with Crippen LogP contribution in [-0.4, -0.2) is 32.7 Å². The van der Waals surface area contributed by atoms with Gasteiger partial charge in [-0.3, -0.25) is 9.59 Å². The summed E-state index contributed by atoms with van der Waals surface area (Å²) in [6, 6.07) is 5.63. The second kappa shape index (κ2) is 7.25. The van der Waals surface area contributed by atoms with Gasteiger partial charge in [-0.25, -0.2) is 0 Å². The van der Waals surface area contributed by atoms with Crippen molar-refractivity contribution < 1.29 is 32.4 Å². The number of rotatable bonds is 4. The van der Waals surface area contributed by atoms with Gasteiger partial charge in [-0.2, -0.15) is 18.2 Å². The smallest absolute Gasteiger partial charge is 0.471 e. The van der Waals surface area contributed by atoms with Crippen molar-refractivity contribution in [1.82, 2.24) is 15.5 Å². The van der Waals surface area contributed by atoms with Gasteiger partial charge in [0.25, 0.3) is 5.91 Å². The number of halogens is 3. The summed E-state index contributed by atoms with van der Waals surface area (Å²) in [5.74, 6) is -3.77. The van der Waals surface area contributed by atoms with E-state index in [4.69, 9.17) is 0 Å². The molecule has 10 heteroatoms. The van der Waals surface area contributed by atoms with Crippen LogP contribution in [0.2, 0.25) is 0 Å². The summed E-state index contributed by atoms with van der Waals surface area (Å²) in [6.07, 6.45) is -2.08. The number of carboxylic acids is 1. The molecule has 0 bridgehead atoms. The molecule has 150 valence electrons. The van der Waals surface area contributed by atoms with Crippen molar-refractivity contribution in [1.29, 1.82) is 0 Å². The fourth-order valence-electron chi connectivity index (χ4n) is 3.44. The molecule has 3 rings (SSSR count). The number of nitrogens with zero attached hydrogens (tertiary/aromatic N) is 2. The molecule has 7 nitrogen and oxygen atoms in total. The third-order valence-corrected chi connectivity index (χ3v) is 4.98. The highest BCUT2D eigenvalue weighted by molar-refractivity contribution is 5.95. The molecule has 1 aromatic heterocycles. The molecule has 1 fully saturated rings. The standard InChI is InChI=1S/C18H18F3N3O4/c1-17(9-3-2-4-12(17)15(26)27)23-14(25)11-7-5-10(6-8-11)13-22-16(28-24-13)18(19,20)21/h5-8,12H,2-4,9H2,1H3,(H,23,25)(H,26,27). The molecule has 1 heterocycles. The van der Waals surface area contributed by atoms with Gasteiger partial charge in [-0.05, 0) is 31.9 Å². The Bertz CT molecular complexity index is 879. The van der Waals surface area contributed by atoms with Gasteiger partial charge in [0.15, 0.2) is 0 Å². The first-order valence-corrected chi connectivity index (χ1v) is 8.67. The Morgan fingerprint density at radius 2 is 1.93 bits per heavy atom. The molecule has 0 saturated heterocycles. The number of hydrogen-bond donors (Lipinski definition) is 2. The zero-order valence-corrected chi connectivity index (χ0v) is 14.9. The number of hydrogen-bond acceptors (Lipinski definition) is 5. The van der Waals surface area contributed by atoms with E-state index < -0.39 is 35.4 Å². The lowest BCUT2D eigenvalue weighted by atomic mass is 9.73. The summed E-state index contributed by atoms with van der Waals surface area (Å²) >= 11 is 0. The molecule has 1 aromatic carbocycles. The molecule has 1 aliphatic carbocycles. The van der Waals surface area contributed by atoms with E-state index in [1.165, 1.54) is 24.3 Å². The number of aromatic nitrogens is 2. The van der Waals surface area contributed by atoms with Gasteiger partial charge >= 0.3 is 18.0 Å². The highest BCUT2D eigenvalue weighted by Gasteiger charge is 2.42. The molecular formula is C18H18F3N3O4. The minimum Gasteiger partial charge on any atom is -0.481 e. The van der Waals surface area contributed by atoms with Crippen molar-refractivity contribution in [2.75, 3.05) is 0 Å². The first-order valence-electron chi connectivity index (χ1n) is 8.67. The number of amides is 1. The Morgan fingerprint density at radius 3 is 2.50 bits per heavy atom. The van der Waals surface area contributed by atoms with Crippen LogP contribution >= 0.6 is 0 Å². The zero-order valence-electron chi connectivity index (χ0n) is 14.9. The van der Waals surface area contributed by atoms with Crippen molar-refractivity contribution in [2.45, 2.75) is 44.3 Å². The third-order valence-electron chi connectivity index (χ3n) is 4.98. The molecule has 28 heavy (non-hydrogen) atoms. The summed E-state index contributed by atoms with van der Waals surface area (Å²) in [5.41, 5.74) is -0.364. The Balaban J connectivity index is 1.75. The van der Waals surface area contributed by atoms with E-state index >= 15 is 0 Å². The fourth-order valence-corrected chi connectivity index (χ4v) is 3.44. The van der Waals surface area contributed by atoms with E-state index in [1.54, 1.807) is 6.92 Å². The topological polar surface area (TPSA) is 105 Å². The van der Waals surface area contributed by atoms with E-state index in [9.17, 15) is 27.9 Å². The Hall–Kier alpha value is -2.91. The van der Waals surface area contributed by atoms with Crippen molar-refractivity contribution in [3.8, 4) is 11.4 Å². The molecule has 2 atom stereocenters. The number of carbonyl (C=O) groups excluding carboxylic acids is 1. The van der Waals surface area contributed by atoms with Gasteiger partial charge in [0.1, 0.15) is 0 Å². The lowest BCUT2D eigenvalue weighted by molar-refractivity contribution is -0.159. The van der Waals surface area contributed by atoms with E-state index in [1.807, 2.05) is 0 Å². The molecule has 1 amide bonds. The monoisotopic (exact) mass is 397 g/mol. The number of nitrogens with one attached hydrogen (secondary N) is 1. The summed E-state index contributed by atoms with van der Waals surface area (Å²) in [7, 11) is 0. The van der Waals surface area contributed by atoms with Gasteiger partial charge < -0.3 is 14.9 Å². The molecule has 0 radical (unpaired) electrons. The maximum absolute atomic E-state index is 12.6. The van der Waals surface area contributed by atoms with Gasteiger partial charge in [0.2, 0.25) is 5.82 Å². The highest BCUT2D eigenvalue weighted by Crippen LogP contribution is 2.34. The molecule has 0 spiro atoms. The van der Waals surface area contributed by atoms with Crippen LogP contribution in [0.4, 0.5) is 13.2 Å². The summed E-state index contributed by atoms with van der Waals surface area (Å²) < 4.78 is 41.8. The van der Waals surface area contributed by atoms with Crippen molar-refractivity contribution >= 4 is 11.9 Å². The second-order valence-corrected chi connectivity index (χ2v) is 7.01. The quantitative estimate of drug-likeness (QED) is 0.818. The van der Waals surface area contributed by atoms with Gasteiger partial charge in [0.05, 0.1) is 11.5 Å². The van der Waals surface area contributed by atoms with Gasteiger partial charge in [-0.1, -0.05) is 30.1 Å². The lowest BCUT2D eigenvalue weighted by Gasteiger charge is -2.39. The van der Waals surface area contributed by atoms with Crippen LogP contribution in [0.25, 0.3) is 11.4 Å². The van der Waals surface area contributed by atoms with E-state index in [2.05, 4.69) is 20.0 Å². The van der Waals surface area contributed by atoms with Gasteiger partial charge in [-0.15, -0.1) is 0 Å². The number of carboxylic acid groups (broad SMARTS) is 1. The highest BCUT2D eigenvalue weighted by atomic mass is 19.4. The Labute approximate surface area is 157 Å². The van der Waals surface area contributed by atoms with Crippen molar-refractivity contribution in [3.05, 3.63) is 35.7 Å². The molecule has 0 aliphatic heterocycles. The number of benzene rings is 1. The minimum atomic E-state index is -4.73. The van der Waals surface area contributed by atoms with Crippen LogP contribution in [0.1, 0.15) is 48.9 Å². The Morgan fingerprint density at radius 1 is 1.25 bits per heavy atom. The summed E-state index contributed by atoms with van der Waals surface area (Å²) in [5, 5.41) is 15.5. The zero-order chi connectivity index (χ0) is 20.5. The maximum atomic E-state index is 12.6. The van der Waals surface area contributed by atoms with Crippen LogP contribution in [0.5, 0.6) is 0 Å². The van der Waals surface area contributed by atoms with Gasteiger partial charge in [0, 0.05) is 11.1 Å². The number of aliphatic carboxylic acids is 1. The minimum absolute atomic E-state index is 0.246. The molecule has 1 saturated carbocycles.